The molecule has 0 atom stereocenters. The fourth-order valence-corrected chi connectivity index (χ4v) is 1.58. The molecule has 0 aromatic carbocycles. The second-order valence-corrected chi connectivity index (χ2v) is 3.73. The van der Waals surface area contributed by atoms with Crippen LogP contribution >= 0.6 is 0 Å². The average molecular weight is 255 g/mol. The van der Waals surface area contributed by atoms with E-state index in [9.17, 15) is 4.79 Å². The van der Waals surface area contributed by atoms with Gasteiger partial charge in [-0.2, -0.15) is 9.97 Å². The van der Waals surface area contributed by atoms with Gasteiger partial charge in [-0.25, -0.2) is 4.98 Å². The van der Waals surface area contributed by atoms with Gasteiger partial charge in [-0.05, 0) is 12.1 Å². The lowest BCUT2D eigenvalue weighted by Crippen LogP contribution is -2.15. The minimum atomic E-state index is -0.359. The van der Waals surface area contributed by atoms with Gasteiger partial charge in [0.15, 0.2) is 11.5 Å². The summed E-state index contributed by atoms with van der Waals surface area (Å²) >= 11 is 0. The van der Waals surface area contributed by atoms with E-state index in [4.69, 9.17) is 5.73 Å². The Bertz CT molecular complexity index is 737. The molecule has 0 spiro atoms. The Morgan fingerprint density at radius 3 is 3.05 bits per heavy atom. The smallest absolute Gasteiger partial charge is 0.259 e. The number of amides is 1. The van der Waals surface area contributed by atoms with Crippen molar-refractivity contribution in [2.45, 2.75) is 0 Å². The van der Waals surface area contributed by atoms with Gasteiger partial charge in [0.2, 0.25) is 5.95 Å². The zero-order valence-electron chi connectivity index (χ0n) is 9.66. The highest BCUT2D eigenvalue weighted by molar-refractivity contribution is 6.03. The number of fused-ring (bicyclic) bond motifs is 1. The number of nitrogens with one attached hydrogen (secondary N) is 2. The summed E-state index contributed by atoms with van der Waals surface area (Å²) < 4.78 is 0. The molecule has 0 aliphatic rings. The maximum absolute atomic E-state index is 11.9. The van der Waals surface area contributed by atoms with Gasteiger partial charge in [0.05, 0.1) is 11.9 Å². The summed E-state index contributed by atoms with van der Waals surface area (Å²) in [5.41, 5.74) is 7.08. The van der Waals surface area contributed by atoms with Crippen LogP contribution in [0.1, 0.15) is 10.4 Å². The van der Waals surface area contributed by atoms with E-state index in [0.717, 1.165) is 0 Å². The van der Waals surface area contributed by atoms with Crippen molar-refractivity contribution < 1.29 is 4.79 Å². The molecule has 1 amide bonds. The maximum Gasteiger partial charge on any atom is 0.259 e. The quantitative estimate of drug-likeness (QED) is 0.615. The number of H-pyrrole nitrogens is 1. The van der Waals surface area contributed by atoms with Crippen molar-refractivity contribution in [1.82, 2.24) is 24.9 Å². The minimum Gasteiger partial charge on any atom is -0.382 e. The number of rotatable bonds is 2. The molecule has 8 heteroatoms. The van der Waals surface area contributed by atoms with Crippen molar-refractivity contribution in [3.8, 4) is 0 Å². The Hall–Kier alpha value is -3.03. The molecule has 94 valence electrons. The van der Waals surface area contributed by atoms with Gasteiger partial charge in [-0.15, -0.1) is 0 Å². The molecule has 0 aliphatic carbocycles. The molecule has 0 bridgehead atoms. The van der Waals surface area contributed by atoms with E-state index in [2.05, 4.69) is 30.2 Å². The molecule has 0 saturated carbocycles. The number of nitrogen functional groups attached to an aromatic ring is 1. The second-order valence-electron chi connectivity index (χ2n) is 3.73. The van der Waals surface area contributed by atoms with Crippen LogP contribution in [0.15, 0.2) is 30.9 Å². The summed E-state index contributed by atoms with van der Waals surface area (Å²) in [6.45, 7) is 0. The average Bonchev–Trinajstić information content (AvgIpc) is 2.88. The number of aromatic amines is 1. The summed E-state index contributed by atoms with van der Waals surface area (Å²) in [5.74, 6) is -0.0303. The number of hydrogen-bond donors (Lipinski definition) is 3. The maximum atomic E-state index is 11.9. The molecule has 0 fully saturated rings. The fraction of sp³-hybridized carbons (Fsp3) is 0. The van der Waals surface area contributed by atoms with Crippen LogP contribution in [0.4, 0.5) is 11.8 Å². The highest BCUT2D eigenvalue weighted by Crippen LogP contribution is 2.15. The SMILES string of the molecule is Nc1nc(NC(=O)c2cccnc2)nc2nc[nH]c12. The molecule has 19 heavy (non-hydrogen) atoms. The predicted octanol–water partition coefficient (Wildman–Crippen LogP) is 0.582. The van der Waals surface area contributed by atoms with E-state index in [1.54, 1.807) is 18.3 Å². The molecule has 0 unspecified atom stereocenters. The Labute approximate surface area is 107 Å². The third-order valence-electron chi connectivity index (χ3n) is 2.46. The highest BCUT2D eigenvalue weighted by atomic mass is 16.1. The first-order chi connectivity index (χ1) is 9.24. The predicted molar refractivity (Wildman–Crippen MR) is 68.3 cm³/mol. The van der Waals surface area contributed by atoms with Crippen LogP contribution in [-0.4, -0.2) is 30.8 Å². The van der Waals surface area contributed by atoms with E-state index in [-0.39, 0.29) is 17.7 Å². The van der Waals surface area contributed by atoms with Gasteiger partial charge in [0.1, 0.15) is 5.52 Å². The van der Waals surface area contributed by atoms with Crippen molar-refractivity contribution in [3.05, 3.63) is 36.4 Å². The summed E-state index contributed by atoms with van der Waals surface area (Å²) in [4.78, 5) is 30.6. The lowest BCUT2D eigenvalue weighted by molar-refractivity contribution is 0.102. The van der Waals surface area contributed by atoms with Gasteiger partial charge in [-0.3, -0.25) is 15.1 Å². The first kappa shape index (κ1) is 11.1. The number of carbonyl (C=O) groups is 1. The van der Waals surface area contributed by atoms with E-state index >= 15 is 0 Å². The molecule has 3 aromatic heterocycles. The van der Waals surface area contributed by atoms with Crippen LogP contribution in [0, 0.1) is 0 Å². The van der Waals surface area contributed by atoms with Gasteiger partial charge in [0, 0.05) is 12.4 Å². The normalized spacial score (nSPS) is 10.5. The van der Waals surface area contributed by atoms with Crippen molar-refractivity contribution in [2.75, 3.05) is 11.1 Å². The van der Waals surface area contributed by atoms with Crippen molar-refractivity contribution >= 4 is 28.8 Å². The van der Waals surface area contributed by atoms with E-state index < -0.39 is 0 Å². The molecule has 0 aliphatic heterocycles. The number of carbonyl (C=O) groups excluding carboxylic acids is 1. The van der Waals surface area contributed by atoms with Gasteiger partial charge in [0.25, 0.3) is 5.91 Å². The monoisotopic (exact) mass is 255 g/mol. The molecule has 8 nitrogen and oxygen atoms in total. The molecular weight excluding hydrogens is 246 g/mol. The molecule has 3 aromatic rings. The highest BCUT2D eigenvalue weighted by Gasteiger charge is 2.11. The first-order valence-corrected chi connectivity index (χ1v) is 5.42. The minimum absolute atomic E-state index is 0.103. The first-order valence-electron chi connectivity index (χ1n) is 5.42. The number of imidazole rings is 1. The summed E-state index contributed by atoms with van der Waals surface area (Å²) in [6.07, 6.45) is 4.50. The van der Waals surface area contributed by atoms with Crippen LogP contribution in [-0.2, 0) is 0 Å². The summed E-state index contributed by atoms with van der Waals surface area (Å²) in [6, 6.07) is 3.31. The molecule has 3 rings (SSSR count). The van der Waals surface area contributed by atoms with Gasteiger partial charge in [-0.1, -0.05) is 0 Å². The number of nitrogens with two attached hydrogens (primary N) is 1. The lowest BCUT2D eigenvalue weighted by atomic mass is 10.3. The largest absolute Gasteiger partial charge is 0.382 e. The lowest BCUT2D eigenvalue weighted by Gasteiger charge is -2.04. The zero-order valence-corrected chi connectivity index (χ0v) is 9.66. The van der Waals surface area contributed by atoms with Crippen LogP contribution < -0.4 is 11.1 Å². The van der Waals surface area contributed by atoms with E-state index in [1.807, 2.05) is 0 Å². The van der Waals surface area contributed by atoms with E-state index in [1.165, 1.54) is 12.5 Å². The number of aromatic nitrogens is 5. The van der Waals surface area contributed by atoms with Crippen LogP contribution in [0.25, 0.3) is 11.2 Å². The molecule has 3 heterocycles. The molecule has 0 saturated heterocycles. The standard InChI is InChI=1S/C11H9N7O/c12-8-7-9(15-5-14-7)17-11(16-8)18-10(19)6-2-1-3-13-4-6/h1-5H,(H4,12,14,15,16,17,18,19). The molecular formula is C11H9N7O. The fourth-order valence-electron chi connectivity index (χ4n) is 1.58. The Morgan fingerprint density at radius 2 is 2.26 bits per heavy atom. The van der Waals surface area contributed by atoms with Crippen LogP contribution in [0.2, 0.25) is 0 Å². The van der Waals surface area contributed by atoms with Crippen LogP contribution in [0.5, 0.6) is 0 Å². The molecule has 4 N–H and O–H groups in total. The van der Waals surface area contributed by atoms with Crippen molar-refractivity contribution in [2.24, 2.45) is 0 Å². The third kappa shape index (κ3) is 2.06. The number of anilines is 2. The third-order valence-corrected chi connectivity index (χ3v) is 2.46. The Kier molecular flexibility index (Phi) is 2.53. The summed E-state index contributed by atoms with van der Waals surface area (Å²) in [7, 11) is 0. The Balaban J connectivity index is 1.91. The van der Waals surface area contributed by atoms with Gasteiger partial charge < -0.3 is 10.7 Å². The number of nitrogens with zero attached hydrogens (tertiary/aromatic N) is 4. The number of hydrogen-bond acceptors (Lipinski definition) is 6. The van der Waals surface area contributed by atoms with Crippen LogP contribution in [0.3, 0.4) is 0 Å². The van der Waals surface area contributed by atoms with Gasteiger partial charge >= 0.3 is 0 Å². The van der Waals surface area contributed by atoms with Crippen molar-refractivity contribution in [3.63, 3.8) is 0 Å². The number of pyridine rings is 1. The Morgan fingerprint density at radius 1 is 1.37 bits per heavy atom. The summed E-state index contributed by atoms with van der Waals surface area (Å²) in [5, 5.41) is 2.55. The topological polar surface area (TPSA) is 122 Å². The second kappa shape index (κ2) is 4.33. The molecule has 0 radical (unpaired) electrons. The van der Waals surface area contributed by atoms with E-state index in [0.29, 0.717) is 16.7 Å². The van der Waals surface area contributed by atoms with Crippen molar-refractivity contribution in [1.29, 1.82) is 0 Å². The zero-order chi connectivity index (χ0) is 13.2.